The average Bonchev–Trinajstić information content (AvgIpc) is 2.52. The van der Waals surface area contributed by atoms with Crippen LogP contribution >= 0.6 is 0 Å². The number of hydrogen-bond acceptors (Lipinski definition) is 4. The van der Waals surface area contributed by atoms with Gasteiger partial charge < -0.3 is 4.84 Å². The second-order valence-electron chi connectivity index (χ2n) is 4.89. The fourth-order valence-corrected chi connectivity index (χ4v) is 1.96. The van der Waals surface area contributed by atoms with Crippen molar-refractivity contribution in [2.75, 3.05) is 6.61 Å². The number of benzene rings is 2. The van der Waals surface area contributed by atoms with E-state index >= 15 is 0 Å². The van der Waals surface area contributed by atoms with Crippen molar-refractivity contribution in [2.45, 2.75) is 26.7 Å². The van der Waals surface area contributed by atoms with Gasteiger partial charge in [-0.05, 0) is 34.6 Å². The lowest BCUT2D eigenvalue weighted by atomic mass is 10.1. The van der Waals surface area contributed by atoms with Gasteiger partial charge in [0.25, 0.3) is 0 Å². The zero-order valence-electron chi connectivity index (χ0n) is 12.7. The Bertz CT molecular complexity index is 669. The second-order valence-corrected chi connectivity index (χ2v) is 4.89. The summed E-state index contributed by atoms with van der Waals surface area (Å²) in [4.78, 5) is 33.7. The van der Waals surface area contributed by atoms with Crippen molar-refractivity contribution in [3.05, 3.63) is 48.0 Å². The van der Waals surface area contributed by atoms with Crippen LogP contribution in [0.4, 0.5) is 0 Å². The summed E-state index contributed by atoms with van der Waals surface area (Å²) in [5.74, 6) is -1.11. The van der Waals surface area contributed by atoms with E-state index < -0.39 is 11.9 Å². The molecule has 2 rings (SSSR count). The molecule has 0 radical (unpaired) electrons. The molecule has 0 aromatic heterocycles. The van der Waals surface area contributed by atoms with Gasteiger partial charge in [0.2, 0.25) is 0 Å². The maximum absolute atomic E-state index is 12.4. The third kappa shape index (κ3) is 4.05. The van der Waals surface area contributed by atoms with Crippen LogP contribution in [0.25, 0.3) is 10.8 Å². The van der Waals surface area contributed by atoms with Gasteiger partial charge in [0.15, 0.2) is 0 Å². The van der Waals surface area contributed by atoms with Gasteiger partial charge in [-0.3, -0.25) is 4.79 Å². The summed E-state index contributed by atoms with van der Waals surface area (Å²) in [6.45, 7) is 3.54. The van der Waals surface area contributed by atoms with E-state index in [0.717, 1.165) is 23.6 Å². The van der Waals surface area contributed by atoms with E-state index in [1.807, 2.05) is 37.3 Å². The van der Waals surface area contributed by atoms with E-state index in [9.17, 15) is 9.59 Å². The standard InChI is InChI=1S/C17H19NO4/c1-3-4-11-21-18(22-13(2)19)17(20)16-10-9-14-7-5-6-8-15(14)12-16/h5-10,12H,3-4,11H2,1-2H3. The molecule has 0 heterocycles. The Kier molecular flexibility index (Phi) is 5.49. The number of hydroxylamine groups is 2. The van der Waals surface area contributed by atoms with Gasteiger partial charge in [0.05, 0.1) is 6.61 Å². The predicted octanol–water partition coefficient (Wildman–Crippen LogP) is 3.49. The minimum atomic E-state index is -0.606. The minimum absolute atomic E-state index is 0.309. The summed E-state index contributed by atoms with van der Waals surface area (Å²) >= 11 is 0. The van der Waals surface area contributed by atoms with Crippen molar-refractivity contribution in [1.29, 1.82) is 0 Å². The number of rotatable bonds is 5. The molecule has 0 aliphatic rings. The number of unbranched alkanes of at least 4 members (excludes halogenated alkanes) is 1. The van der Waals surface area contributed by atoms with Gasteiger partial charge in [-0.15, -0.1) is 0 Å². The first-order valence-electron chi connectivity index (χ1n) is 7.26. The summed E-state index contributed by atoms with van der Waals surface area (Å²) in [5.41, 5.74) is 0.399. The average molecular weight is 301 g/mol. The summed E-state index contributed by atoms with van der Waals surface area (Å²) in [7, 11) is 0. The molecule has 5 nitrogen and oxygen atoms in total. The van der Waals surface area contributed by atoms with Crippen LogP contribution in [0.5, 0.6) is 0 Å². The van der Waals surface area contributed by atoms with Crippen LogP contribution in [0.3, 0.4) is 0 Å². The van der Waals surface area contributed by atoms with Crippen molar-refractivity contribution >= 4 is 22.6 Å². The van der Waals surface area contributed by atoms with Crippen LogP contribution in [0.2, 0.25) is 0 Å². The van der Waals surface area contributed by atoms with Crippen molar-refractivity contribution < 1.29 is 19.3 Å². The number of fused-ring (bicyclic) bond motifs is 1. The predicted molar refractivity (Wildman–Crippen MR) is 82.7 cm³/mol. The summed E-state index contributed by atoms with van der Waals surface area (Å²) in [6, 6.07) is 13.0. The fourth-order valence-electron chi connectivity index (χ4n) is 1.96. The molecular weight excluding hydrogens is 282 g/mol. The molecule has 0 spiro atoms. The van der Waals surface area contributed by atoms with E-state index in [1.54, 1.807) is 12.1 Å². The minimum Gasteiger partial charge on any atom is -0.312 e. The lowest BCUT2D eigenvalue weighted by molar-refractivity contribution is -0.307. The second kappa shape index (κ2) is 7.56. The highest BCUT2D eigenvalue weighted by Gasteiger charge is 2.20. The van der Waals surface area contributed by atoms with Crippen LogP contribution < -0.4 is 0 Å². The zero-order chi connectivity index (χ0) is 15.9. The molecule has 0 unspecified atom stereocenters. The van der Waals surface area contributed by atoms with Gasteiger partial charge in [-0.2, -0.15) is 0 Å². The molecule has 0 aliphatic heterocycles. The van der Waals surface area contributed by atoms with Crippen LogP contribution in [0.1, 0.15) is 37.0 Å². The Morgan fingerprint density at radius 2 is 1.82 bits per heavy atom. The maximum atomic E-state index is 12.4. The highest BCUT2D eigenvalue weighted by molar-refractivity contribution is 5.98. The maximum Gasteiger partial charge on any atom is 0.332 e. The number of hydrogen-bond donors (Lipinski definition) is 0. The molecule has 0 N–H and O–H groups in total. The highest BCUT2D eigenvalue weighted by atomic mass is 17.0. The van der Waals surface area contributed by atoms with Crippen LogP contribution in [0, 0.1) is 0 Å². The van der Waals surface area contributed by atoms with Gasteiger partial charge in [0, 0.05) is 12.5 Å². The first-order valence-corrected chi connectivity index (χ1v) is 7.26. The summed E-state index contributed by atoms with van der Waals surface area (Å²) in [6.07, 6.45) is 1.68. The molecule has 22 heavy (non-hydrogen) atoms. The summed E-state index contributed by atoms with van der Waals surface area (Å²) < 4.78 is 0. The van der Waals surface area contributed by atoms with E-state index in [1.165, 1.54) is 6.92 Å². The van der Waals surface area contributed by atoms with E-state index in [0.29, 0.717) is 17.4 Å². The molecule has 5 heteroatoms. The SMILES string of the molecule is CCCCON(OC(C)=O)C(=O)c1ccc2ccccc2c1. The third-order valence-corrected chi connectivity index (χ3v) is 3.08. The molecule has 0 fully saturated rings. The highest BCUT2D eigenvalue weighted by Crippen LogP contribution is 2.17. The Morgan fingerprint density at radius 1 is 1.09 bits per heavy atom. The van der Waals surface area contributed by atoms with Gasteiger partial charge in [0.1, 0.15) is 0 Å². The lowest BCUT2D eigenvalue weighted by Crippen LogP contribution is -2.33. The molecule has 0 atom stereocenters. The quantitative estimate of drug-likeness (QED) is 0.626. The monoisotopic (exact) mass is 301 g/mol. The fraction of sp³-hybridized carbons (Fsp3) is 0.294. The Labute approximate surface area is 129 Å². The van der Waals surface area contributed by atoms with E-state index in [4.69, 9.17) is 9.68 Å². The summed E-state index contributed by atoms with van der Waals surface area (Å²) in [5, 5.41) is 2.64. The molecule has 0 saturated heterocycles. The first kappa shape index (κ1) is 16.0. The first-order chi connectivity index (χ1) is 10.6. The van der Waals surface area contributed by atoms with E-state index in [-0.39, 0.29) is 0 Å². The molecule has 0 saturated carbocycles. The number of amides is 1. The Hall–Kier alpha value is -2.40. The van der Waals surface area contributed by atoms with Crippen molar-refractivity contribution in [3.8, 4) is 0 Å². The smallest absolute Gasteiger partial charge is 0.312 e. The Morgan fingerprint density at radius 3 is 2.50 bits per heavy atom. The van der Waals surface area contributed by atoms with Crippen LogP contribution in [-0.2, 0) is 14.5 Å². The molecule has 0 bridgehead atoms. The normalized spacial score (nSPS) is 10.5. The van der Waals surface area contributed by atoms with Gasteiger partial charge in [-0.25, -0.2) is 9.63 Å². The molecule has 2 aromatic carbocycles. The molecule has 2 aromatic rings. The third-order valence-electron chi connectivity index (χ3n) is 3.08. The van der Waals surface area contributed by atoms with Crippen molar-refractivity contribution in [3.63, 3.8) is 0 Å². The number of carbonyl (C=O) groups is 2. The molecule has 116 valence electrons. The van der Waals surface area contributed by atoms with Gasteiger partial charge in [-0.1, -0.05) is 43.7 Å². The van der Waals surface area contributed by atoms with Crippen LogP contribution in [0.15, 0.2) is 42.5 Å². The largest absolute Gasteiger partial charge is 0.332 e. The number of nitrogens with zero attached hydrogens (tertiary/aromatic N) is 1. The van der Waals surface area contributed by atoms with Gasteiger partial charge >= 0.3 is 11.9 Å². The molecular formula is C17H19NO4. The van der Waals surface area contributed by atoms with Crippen molar-refractivity contribution in [2.24, 2.45) is 0 Å². The molecule has 0 aliphatic carbocycles. The Balaban J connectivity index is 2.20. The van der Waals surface area contributed by atoms with Crippen molar-refractivity contribution in [1.82, 2.24) is 5.23 Å². The van der Waals surface area contributed by atoms with Crippen LogP contribution in [-0.4, -0.2) is 23.7 Å². The number of carbonyl (C=O) groups excluding carboxylic acids is 2. The van der Waals surface area contributed by atoms with E-state index in [2.05, 4.69) is 0 Å². The lowest BCUT2D eigenvalue weighted by Gasteiger charge is -2.19. The topological polar surface area (TPSA) is 55.8 Å². The molecule has 1 amide bonds. The zero-order valence-corrected chi connectivity index (χ0v) is 12.7.